The van der Waals surface area contributed by atoms with Gasteiger partial charge < -0.3 is 4.74 Å². The van der Waals surface area contributed by atoms with Gasteiger partial charge in [-0.25, -0.2) is 4.39 Å². The summed E-state index contributed by atoms with van der Waals surface area (Å²) in [5.41, 5.74) is 0.319. The minimum atomic E-state index is -4.91. The molecule has 31 heavy (non-hydrogen) atoms. The SMILES string of the molecule is CCCC1CCC(C2CCC(C=CC#Cc3ccc(OC(F)(F)F)c(F)c3)CC2)CC1. The van der Waals surface area contributed by atoms with Crippen LogP contribution in [0.5, 0.6) is 5.75 Å². The highest BCUT2D eigenvalue weighted by Crippen LogP contribution is 2.42. The maximum absolute atomic E-state index is 13.7. The summed E-state index contributed by atoms with van der Waals surface area (Å²) in [4.78, 5) is 0. The predicted molar refractivity (Wildman–Crippen MR) is 115 cm³/mol. The summed E-state index contributed by atoms with van der Waals surface area (Å²) in [5.74, 6) is 7.01. The van der Waals surface area contributed by atoms with Crippen molar-refractivity contribution in [2.75, 3.05) is 0 Å². The molecule has 3 rings (SSSR count). The lowest BCUT2D eigenvalue weighted by Crippen LogP contribution is -2.25. The van der Waals surface area contributed by atoms with Crippen LogP contribution in [-0.4, -0.2) is 6.36 Å². The molecular formula is C26H32F4O. The van der Waals surface area contributed by atoms with Crippen molar-refractivity contribution in [1.29, 1.82) is 0 Å². The van der Waals surface area contributed by atoms with Gasteiger partial charge in [0, 0.05) is 5.56 Å². The van der Waals surface area contributed by atoms with Crippen molar-refractivity contribution < 1.29 is 22.3 Å². The first-order valence-corrected chi connectivity index (χ1v) is 11.6. The quantitative estimate of drug-likeness (QED) is 0.335. The van der Waals surface area contributed by atoms with Gasteiger partial charge in [-0.2, -0.15) is 0 Å². The first kappa shape index (κ1) is 23.7. The molecule has 0 saturated heterocycles. The van der Waals surface area contributed by atoms with Crippen LogP contribution in [0.15, 0.2) is 30.4 Å². The van der Waals surface area contributed by atoms with Crippen molar-refractivity contribution >= 4 is 0 Å². The van der Waals surface area contributed by atoms with Gasteiger partial charge in [-0.15, -0.1) is 13.2 Å². The van der Waals surface area contributed by atoms with Gasteiger partial charge in [-0.3, -0.25) is 0 Å². The molecule has 0 bridgehead atoms. The Kier molecular flexibility index (Phi) is 8.46. The van der Waals surface area contributed by atoms with Crippen molar-refractivity contribution in [3.8, 4) is 17.6 Å². The van der Waals surface area contributed by atoms with Crippen LogP contribution in [-0.2, 0) is 0 Å². The molecule has 2 saturated carbocycles. The van der Waals surface area contributed by atoms with E-state index >= 15 is 0 Å². The first-order chi connectivity index (χ1) is 14.8. The molecule has 5 heteroatoms. The zero-order chi connectivity index (χ0) is 22.3. The lowest BCUT2D eigenvalue weighted by molar-refractivity contribution is -0.275. The highest BCUT2D eigenvalue weighted by molar-refractivity contribution is 5.41. The molecule has 1 aromatic rings. The number of benzene rings is 1. The van der Waals surface area contributed by atoms with Crippen molar-refractivity contribution in [2.45, 2.75) is 77.5 Å². The van der Waals surface area contributed by atoms with Gasteiger partial charge >= 0.3 is 6.36 Å². The molecule has 0 aliphatic heterocycles. The number of rotatable bonds is 5. The van der Waals surface area contributed by atoms with Gasteiger partial charge in [0.1, 0.15) is 0 Å². The summed E-state index contributed by atoms with van der Waals surface area (Å²) in [6.07, 6.45) is 12.3. The Balaban J connectivity index is 1.43. The van der Waals surface area contributed by atoms with Gasteiger partial charge in [0.2, 0.25) is 0 Å². The predicted octanol–water partition coefficient (Wildman–Crippen LogP) is 8.04. The van der Waals surface area contributed by atoms with Gasteiger partial charge in [0.05, 0.1) is 0 Å². The summed E-state index contributed by atoms with van der Waals surface area (Å²) >= 11 is 0. The Morgan fingerprint density at radius 1 is 1.00 bits per heavy atom. The van der Waals surface area contributed by atoms with Crippen LogP contribution in [0, 0.1) is 41.3 Å². The Labute approximate surface area is 183 Å². The maximum atomic E-state index is 13.7. The molecule has 0 spiro atoms. The van der Waals surface area contributed by atoms with Crippen LogP contribution in [0.1, 0.15) is 76.7 Å². The van der Waals surface area contributed by atoms with Crippen molar-refractivity contribution in [3.05, 3.63) is 41.7 Å². The summed E-state index contributed by atoms with van der Waals surface area (Å²) in [6.45, 7) is 2.28. The molecule has 0 unspecified atom stereocenters. The fraction of sp³-hybridized carbons (Fsp3) is 0.615. The number of alkyl halides is 3. The monoisotopic (exact) mass is 436 g/mol. The minimum absolute atomic E-state index is 0.319. The van der Waals surface area contributed by atoms with E-state index in [0.29, 0.717) is 11.5 Å². The van der Waals surface area contributed by atoms with E-state index in [1.54, 1.807) is 6.08 Å². The average Bonchev–Trinajstić information content (AvgIpc) is 2.73. The third-order valence-corrected chi connectivity index (χ3v) is 6.90. The van der Waals surface area contributed by atoms with Crippen LogP contribution in [0.3, 0.4) is 0 Å². The summed E-state index contributed by atoms with van der Waals surface area (Å²) in [6, 6.07) is 3.24. The Bertz CT molecular complexity index is 786. The van der Waals surface area contributed by atoms with E-state index in [4.69, 9.17) is 0 Å². The topological polar surface area (TPSA) is 9.23 Å². The van der Waals surface area contributed by atoms with E-state index in [9.17, 15) is 17.6 Å². The number of ether oxygens (including phenoxy) is 1. The third kappa shape index (κ3) is 7.59. The Hall–Kier alpha value is -1.96. The standard InChI is InChI=1S/C26H32F4O/c1-2-5-19-8-13-22(14-9-19)23-15-10-20(11-16-23)6-3-4-7-21-12-17-25(24(27)18-21)31-26(28,29)30/h3,6,12,17-20,22-23H,2,5,8-11,13-16H2,1H3. The first-order valence-electron chi connectivity index (χ1n) is 11.6. The van der Waals surface area contributed by atoms with E-state index in [2.05, 4.69) is 29.6 Å². The van der Waals surface area contributed by atoms with E-state index in [1.807, 2.05) is 0 Å². The normalized spacial score (nSPS) is 27.0. The van der Waals surface area contributed by atoms with Crippen molar-refractivity contribution in [1.82, 2.24) is 0 Å². The van der Waals surface area contributed by atoms with Gasteiger partial charge in [0.15, 0.2) is 11.6 Å². The molecule has 2 aliphatic rings. The zero-order valence-electron chi connectivity index (χ0n) is 18.2. The van der Waals surface area contributed by atoms with Crippen LogP contribution in [0.4, 0.5) is 17.6 Å². The fourth-order valence-electron chi connectivity index (χ4n) is 5.26. The number of hydrogen-bond acceptors (Lipinski definition) is 1. The average molecular weight is 437 g/mol. The number of hydrogen-bond donors (Lipinski definition) is 0. The number of allylic oxidation sites excluding steroid dienone is 2. The van der Waals surface area contributed by atoms with Crippen LogP contribution in [0.25, 0.3) is 0 Å². The van der Waals surface area contributed by atoms with Crippen molar-refractivity contribution in [3.63, 3.8) is 0 Å². The minimum Gasteiger partial charge on any atom is -0.403 e. The molecule has 0 atom stereocenters. The lowest BCUT2D eigenvalue weighted by atomic mass is 9.69. The Morgan fingerprint density at radius 2 is 1.65 bits per heavy atom. The summed E-state index contributed by atoms with van der Waals surface area (Å²) in [7, 11) is 0. The summed E-state index contributed by atoms with van der Waals surface area (Å²) in [5, 5.41) is 0. The molecule has 0 radical (unpaired) electrons. The second-order valence-electron chi connectivity index (χ2n) is 9.07. The molecule has 0 aromatic heterocycles. The van der Waals surface area contributed by atoms with E-state index < -0.39 is 17.9 Å². The lowest BCUT2D eigenvalue weighted by Gasteiger charge is -2.37. The molecular weight excluding hydrogens is 404 g/mol. The zero-order valence-corrected chi connectivity index (χ0v) is 18.2. The van der Waals surface area contributed by atoms with Crippen LogP contribution in [0.2, 0.25) is 0 Å². The van der Waals surface area contributed by atoms with E-state index in [0.717, 1.165) is 29.9 Å². The van der Waals surface area contributed by atoms with Crippen LogP contribution >= 0.6 is 0 Å². The largest absolute Gasteiger partial charge is 0.573 e. The second-order valence-corrected chi connectivity index (χ2v) is 9.07. The second kappa shape index (κ2) is 11.1. The smallest absolute Gasteiger partial charge is 0.403 e. The molecule has 0 amide bonds. The fourth-order valence-corrected chi connectivity index (χ4v) is 5.26. The van der Waals surface area contributed by atoms with Crippen molar-refractivity contribution in [2.24, 2.45) is 23.7 Å². The van der Waals surface area contributed by atoms with Gasteiger partial charge in [0.25, 0.3) is 0 Å². The molecule has 2 aliphatic carbocycles. The Morgan fingerprint density at radius 3 is 2.23 bits per heavy atom. The molecule has 2 fully saturated rings. The third-order valence-electron chi connectivity index (χ3n) is 6.90. The van der Waals surface area contributed by atoms with Gasteiger partial charge in [-0.05, 0) is 86.5 Å². The van der Waals surface area contributed by atoms with E-state index in [1.165, 1.54) is 70.3 Å². The van der Waals surface area contributed by atoms with Crippen LogP contribution < -0.4 is 4.74 Å². The van der Waals surface area contributed by atoms with E-state index in [-0.39, 0.29) is 0 Å². The molecule has 0 N–H and O–H groups in total. The molecule has 0 heterocycles. The van der Waals surface area contributed by atoms with Gasteiger partial charge in [-0.1, -0.05) is 50.5 Å². The maximum Gasteiger partial charge on any atom is 0.573 e. The molecule has 1 nitrogen and oxygen atoms in total. The summed E-state index contributed by atoms with van der Waals surface area (Å²) < 4.78 is 53.9. The molecule has 1 aromatic carbocycles. The number of halogens is 4. The molecule has 170 valence electrons. The highest BCUT2D eigenvalue weighted by Gasteiger charge is 2.32. The highest BCUT2D eigenvalue weighted by atomic mass is 19.4.